The van der Waals surface area contributed by atoms with Crippen LogP contribution in [-0.4, -0.2) is 21.9 Å². The van der Waals surface area contributed by atoms with Gasteiger partial charge in [-0.3, -0.25) is 4.79 Å². The van der Waals surface area contributed by atoms with Crippen LogP contribution in [0.1, 0.15) is 10.4 Å². The van der Waals surface area contributed by atoms with E-state index in [9.17, 15) is 4.79 Å². The van der Waals surface area contributed by atoms with Crippen molar-refractivity contribution in [1.82, 2.24) is 9.61 Å². The van der Waals surface area contributed by atoms with Crippen LogP contribution in [0, 0.1) is 0 Å². The van der Waals surface area contributed by atoms with E-state index in [1.165, 1.54) is 0 Å². The quantitative estimate of drug-likeness (QED) is 0.675. The van der Waals surface area contributed by atoms with Crippen molar-refractivity contribution in [1.29, 1.82) is 0 Å². The summed E-state index contributed by atoms with van der Waals surface area (Å²) in [7, 11) is 0. The molecule has 66 valence electrons. The lowest BCUT2D eigenvalue weighted by atomic mass is 10.1. The minimum atomic E-state index is -0.0521. The molecule has 2 aromatic heterocycles. The van der Waals surface area contributed by atoms with Crippen LogP contribution in [0.3, 0.4) is 0 Å². The molecule has 0 radical (unpaired) electrons. The zero-order valence-corrected chi connectivity index (χ0v) is 6.97. The summed E-state index contributed by atoms with van der Waals surface area (Å²) in [6.45, 7) is 0.0459. The molecule has 4 nitrogen and oxygen atoms in total. The van der Waals surface area contributed by atoms with Crippen LogP contribution in [0.15, 0.2) is 30.6 Å². The maximum Gasteiger partial charge on any atom is 0.176 e. The zero-order chi connectivity index (χ0) is 9.26. The number of hydrogen-bond donors (Lipinski definition) is 1. The number of ketones is 1. The van der Waals surface area contributed by atoms with Crippen molar-refractivity contribution in [3.8, 4) is 0 Å². The number of carbonyl (C=O) groups excluding carboxylic acids is 1. The Morgan fingerprint density at radius 1 is 1.54 bits per heavy atom. The SMILES string of the molecule is NCC(=O)c1ccn2nccc2c1. The Balaban J connectivity index is 2.54. The lowest BCUT2D eigenvalue weighted by Gasteiger charge is -1.98. The summed E-state index contributed by atoms with van der Waals surface area (Å²) in [6.07, 6.45) is 3.43. The van der Waals surface area contributed by atoms with Gasteiger partial charge in [0.15, 0.2) is 5.78 Å². The van der Waals surface area contributed by atoms with Crippen LogP contribution >= 0.6 is 0 Å². The Hall–Kier alpha value is -1.68. The van der Waals surface area contributed by atoms with Crippen molar-refractivity contribution < 1.29 is 4.79 Å². The summed E-state index contributed by atoms with van der Waals surface area (Å²) in [6, 6.07) is 5.34. The molecule has 0 aliphatic rings. The average molecular weight is 175 g/mol. The molecule has 13 heavy (non-hydrogen) atoms. The number of nitrogens with zero attached hydrogens (tertiary/aromatic N) is 2. The van der Waals surface area contributed by atoms with Gasteiger partial charge in [-0.15, -0.1) is 0 Å². The van der Waals surface area contributed by atoms with E-state index >= 15 is 0 Å². The Labute approximate surface area is 75.0 Å². The van der Waals surface area contributed by atoms with Gasteiger partial charge in [-0.2, -0.15) is 5.10 Å². The standard InChI is InChI=1S/C9H9N3O/c10-6-9(13)7-2-4-12-8(5-7)1-3-11-12/h1-5H,6,10H2. The van der Waals surface area contributed by atoms with Gasteiger partial charge in [0.25, 0.3) is 0 Å². The van der Waals surface area contributed by atoms with Crippen molar-refractivity contribution in [3.63, 3.8) is 0 Å². The van der Waals surface area contributed by atoms with Gasteiger partial charge in [0, 0.05) is 18.0 Å². The van der Waals surface area contributed by atoms with Gasteiger partial charge in [-0.05, 0) is 18.2 Å². The number of fused-ring (bicyclic) bond motifs is 1. The largest absolute Gasteiger partial charge is 0.324 e. The second-order valence-corrected chi connectivity index (χ2v) is 2.74. The Morgan fingerprint density at radius 3 is 3.15 bits per heavy atom. The number of nitrogens with two attached hydrogens (primary N) is 1. The molecular weight excluding hydrogens is 166 g/mol. The van der Waals surface area contributed by atoms with Gasteiger partial charge in [0.2, 0.25) is 0 Å². The number of rotatable bonds is 2. The number of pyridine rings is 1. The fourth-order valence-corrected chi connectivity index (χ4v) is 1.21. The van der Waals surface area contributed by atoms with Crippen molar-refractivity contribution in [2.75, 3.05) is 6.54 Å². The first-order chi connectivity index (χ1) is 6.31. The second kappa shape index (κ2) is 2.99. The van der Waals surface area contributed by atoms with E-state index in [1.54, 1.807) is 29.0 Å². The van der Waals surface area contributed by atoms with Gasteiger partial charge >= 0.3 is 0 Å². The first-order valence-electron chi connectivity index (χ1n) is 3.98. The molecule has 0 atom stereocenters. The minimum Gasteiger partial charge on any atom is -0.324 e. The summed E-state index contributed by atoms with van der Waals surface area (Å²) in [5.41, 5.74) is 6.79. The predicted octanol–water partition coefficient (Wildman–Crippen LogP) is 0.476. The summed E-state index contributed by atoms with van der Waals surface area (Å²) >= 11 is 0. The van der Waals surface area contributed by atoms with Crippen molar-refractivity contribution in [2.24, 2.45) is 5.73 Å². The van der Waals surface area contributed by atoms with Crippen molar-refractivity contribution in [2.45, 2.75) is 0 Å². The average Bonchev–Trinajstić information content (AvgIpc) is 2.63. The molecule has 2 rings (SSSR count). The lowest BCUT2D eigenvalue weighted by Crippen LogP contribution is -2.13. The van der Waals surface area contributed by atoms with Gasteiger partial charge < -0.3 is 5.73 Å². The first-order valence-corrected chi connectivity index (χ1v) is 3.98. The first kappa shape index (κ1) is 7.94. The third-order valence-electron chi connectivity index (χ3n) is 1.91. The van der Waals surface area contributed by atoms with Crippen LogP contribution in [0.25, 0.3) is 5.52 Å². The van der Waals surface area contributed by atoms with Crippen molar-refractivity contribution in [3.05, 3.63) is 36.2 Å². The molecule has 0 aliphatic heterocycles. The highest BCUT2D eigenvalue weighted by molar-refractivity contribution is 5.98. The number of hydrogen-bond acceptors (Lipinski definition) is 3. The molecule has 0 saturated carbocycles. The molecule has 2 N–H and O–H groups in total. The van der Waals surface area contributed by atoms with Gasteiger partial charge in [0.1, 0.15) is 0 Å². The fourth-order valence-electron chi connectivity index (χ4n) is 1.21. The van der Waals surface area contributed by atoms with Crippen LogP contribution in [0.5, 0.6) is 0 Å². The molecule has 0 saturated heterocycles. The lowest BCUT2D eigenvalue weighted by molar-refractivity contribution is 0.100. The van der Waals surface area contributed by atoms with E-state index in [2.05, 4.69) is 5.10 Å². The molecule has 2 heterocycles. The van der Waals surface area contributed by atoms with Crippen molar-refractivity contribution >= 4 is 11.3 Å². The van der Waals surface area contributed by atoms with Crippen LogP contribution in [-0.2, 0) is 0 Å². The third kappa shape index (κ3) is 1.31. The maximum absolute atomic E-state index is 11.2. The predicted molar refractivity (Wildman–Crippen MR) is 48.6 cm³/mol. The number of aromatic nitrogens is 2. The normalized spacial score (nSPS) is 10.5. The molecule has 0 fully saturated rings. The van der Waals surface area contributed by atoms with Crippen LogP contribution in [0.4, 0.5) is 0 Å². The molecule has 0 amide bonds. The smallest absolute Gasteiger partial charge is 0.176 e. The third-order valence-corrected chi connectivity index (χ3v) is 1.91. The highest BCUT2D eigenvalue weighted by Gasteiger charge is 2.03. The molecule has 4 heteroatoms. The zero-order valence-electron chi connectivity index (χ0n) is 6.97. The Bertz CT molecular complexity index is 447. The summed E-state index contributed by atoms with van der Waals surface area (Å²) < 4.78 is 1.70. The Kier molecular flexibility index (Phi) is 1.83. The number of carbonyl (C=O) groups is 1. The number of Topliss-reactive ketones (excluding diaryl/α,β-unsaturated/α-hetero) is 1. The van der Waals surface area contributed by atoms with E-state index in [1.807, 2.05) is 6.07 Å². The monoisotopic (exact) mass is 175 g/mol. The van der Waals surface area contributed by atoms with Gasteiger partial charge in [-0.25, -0.2) is 4.52 Å². The van der Waals surface area contributed by atoms with E-state index in [4.69, 9.17) is 5.73 Å². The van der Waals surface area contributed by atoms with E-state index in [0.717, 1.165) is 5.52 Å². The summed E-state index contributed by atoms with van der Waals surface area (Å²) in [5.74, 6) is -0.0521. The van der Waals surface area contributed by atoms with Gasteiger partial charge in [0.05, 0.1) is 12.1 Å². The van der Waals surface area contributed by atoms with Crippen LogP contribution < -0.4 is 5.73 Å². The highest BCUT2D eigenvalue weighted by Crippen LogP contribution is 2.06. The summed E-state index contributed by atoms with van der Waals surface area (Å²) in [4.78, 5) is 11.2. The fraction of sp³-hybridized carbons (Fsp3) is 0.111. The molecular formula is C9H9N3O. The van der Waals surface area contributed by atoms with Gasteiger partial charge in [-0.1, -0.05) is 0 Å². The molecule has 0 spiro atoms. The summed E-state index contributed by atoms with van der Waals surface area (Å²) in [5, 5.41) is 4.02. The second-order valence-electron chi connectivity index (χ2n) is 2.74. The molecule has 0 bridgehead atoms. The molecule has 0 aliphatic carbocycles. The maximum atomic E-state index is 11.2. The topological polar surface area (TPSA) is 60.4 Å². The highest BCUT2D eigenvalue weighted by atomic mass is 16.1. The molecule has 2 aromatic rings. The molecule has 0 aromatic carbocycles. The minimum absolute atomic E-state index is 0.0459. The van der Waals surface area contributed by atoms with Crippen LogP contribution in [0.2, 0.25) is 0 Å². The van der Waals surface area contributed by atoms with E-state index < -0.39 is 0 Å². The Morgan fingerprint density at radius 2 is 2.38 bits per heavy atom. The van der Waals surface area contributed by atoms with E-state index in [0.29, 0.717) is 5.56 Å². The van der Waals surface area contributed by atoms with E-state index in [-0.39, 0.29) is 12.3 Å². The molecule has 0 unspecified atom stereocenters.